The van der Waals surface area contributed by atoms with Crippen LogP contribution in [0.1, 0.15) is 71.1 Å². The second-order valence-corrected chi connectivity index (χ2v) is 13.0. The van der Waals surface area contributed by atoms with Gasteiger partial charge in [-0.25, -0.2) is 0 Å². The van der Waals surface area contributed by atoms with Crippen molar-refractivity contribution in [2.75, 3.05) is 25.0 Å². The number of Topliss-reactive ketones (excluding diaryl/α,β-unsaturated/α-hetero) is 1. The van der Waals surface area contributed by atoms with Crippen LogP contribution in [-0.2, 0) is 40.2 Å². The highest BCUT2D eigenvalue weighted by atomic mass is 16.3. The Kier molecular flexibility index (Phi) is 10.4. The van der Waals surface area contributed by atoms with Crippen LogP contribution >= 0.6 is 0 Å². The third-order valence-corrected chi connectivity index (χ3v) is 9.82. The summed E-state index contributed by atoms with van der Waals surface area (Å²) in [5.41, 5.74) is 5.78. The van der Waals surface area contributed by atoms with Gasteiger partial charge in [-0.2, -0.15) is 0 Å². The number of aryl methyl sites for hydroxylation is 2. The Labute approximate surface area is 276 Å². The molecular formula is C38H44N4O5. The van der Waals surface area contributed by atoms with E-state index >= 15 is 0 Å². The van der Waals surface area contributed by atoms with E-state index in [1.807, 2.05) is 42.5 Å². The van der Waals surface area contributed by atoms with Crippen molar-refractivity contribution in [1.29, 1.82) is 0 Å². The summed E-state index contributed by atoms with van der Waals surface area (Å²) in [6, 6.07) is 21.0. The molecule has 3 amide bonds. The molecule has 1 unspecified atom stereocenters. The molecule has 0 radical (unpaired) electrons. The van der Waals surface area contributed by atoms with Crippen molar-refractivity contribution in [2.45, 2.75) is 82.5 Å². The minimum Gasteiger partial charge on any atom is -0.393 e. The van der Waals surface area contributed by atoms with Gasteiger partial charge in [0.1, 0.15) is 12.1 Å². The second-order valence-electron chi connectivity index (χ2n) is 13.0. The summed E-state index contributed by atoms with van der Waals surface area (Å²) < 4.78 is 0. The Morgan fingerprint density at radius 2 is 1.55 bits per heavy atom. The lowest BCUT2D eigenvalue weighted by Crippen LogP contribution is -2.56. The number of ketones is 1. The van der Waals surface area contributed by atoms with Gasteiger partial charge in [0.25, 0.3) is 0 Å². The molecule has 2 aliphatic heterocycles. The number of benzene rings is 3. The van der Waals surface area contributed by atoms with Crippen molar-refractivity contribution >= 4 is 29.2 Å². The van der Waals surface area contributed by atoms with Crippen molar-refractivity contribution in [2.24, 2.45) is 0 Å². The van der Waals surface area contributed by atoms with Gasteiger partial charge in [-0.05, 0) is 72.9 Å². The fourth-order valence-corrected chi connectivity index (χ4v) is 7.02. The Hall–Kier alpha value is -4.34. The molecule has 1 aliphatic carbocycles. The van der Waals surface area contributed by atoms with E-state index in [1.54, 1.807) is 29.2 Å². The molecule has 0 aromatic heterocycles. The summed E-state index contributed by atoms with van der Waals surface area (Å²) >= 11 is 0. The maximum absolute atomic E-state index is 14.1. The summed E-state index contributed by atoms with van der Waals surface area (Å²) in [5.74, 6) is -1.07. The number of carbonyl (C=O) groups is 4. The topological polar surface area (TPSA) is 119 Å². The van der Waals surface area contributed by atoms with E-state index in [4.69, 9.17) is 0 Å². The van der Waals surface area contributed by atoms with Crippen molar-refractivity contribution in [3.8, 4) is 0 Å². The first-order chi connectivity index (χ1) is 22.8. The molecule has 3 aliphatic rings. The number of fused-ring (bicyclic) bond motifs is 2. The number of nitrogens with zero attached hydrogens (tertiary/aromatic N) is 2. The van der Waals surface area contributed by atoms with Crippen molar-refractivity contribution in [3.63, 3.8) is 0 Å². The minimum atomic E-state index is -0.823. The quantitative estimate of drug-likeness (QED) is 0.273. The van der Waals surface area contributed by atoms with Gasteiger partial charge in [0.15, 0.2) is 5.78 Å². The zero-order valence-electron chi connectivity index (χ0n) is 26.8. The van der Waals surface area contributed by atoms with Crippen molar-refractivity contribution in [1.82, 2.24) is 15.1 Å². The zero-order valence-corrected chi connectivity index (χ0v) is 26.8. The Bertz CT molecular complexity index is 1600. The summed E-state index contributed by atoms with van der Waals surface area (Å²) in [4.78, 5) is 58.1. The zero-order chi connectivity index (χ0) is 32.8. The Balaban J connectivity index is 1.18. The summed E-state index contributed by atoms with van der Waals surface area (Å²) in [7, 11) is 0. The van der Waals surface area contributed by atoms with Crippen LogP contribution in [0, 0.1) is 0 Å². The fourth-order valence-electron chi connectivity index (χ4n) is 7.02. The van der Waals surface area contributed by atoms with E-state index in [9.17, 15) is 24.3 Å². The van der Waals surface area contributed by atoms with E-state index in [0.717, 1.165) is 43.5 Å². The molecule has 0 spiro atoms. The summed E-state index contributed by atoms with van der Waals surface area (Å²) in [5, 5.41) is 16.0. The molecule has 47 heavy (non-hydrogen) atoms. The highest BCUT2D eigenvalue weighted by molar-refractivity contribution is 6.00. The molecule has 0 bridgehead atoms. The van der Waals surface area contributed by atoms with Crippen LogP contribution in [0.5, 0.6) is 0 Å². The molecule has 3 aromatic carbocycles. The van der Waals surface area contributed by atoms with Crippen LogP contribution in [0.15, 0.2) is 72.8 Å². The molecule has 1 fully saturated rings. The van der Waals surface area contributed by atoms with Crippen LogP contribution in [0.2, 0.25) is 0 Å². The number of aliphatic hydroxyl groups is 1. The first-order valence-corrected chi connectivity index (χ1v) is 16.9. The molecule has 2 heterocycles. The highest BCUT2D eigenvalue weighted by Crippen LogP contribution is 2.27. The van der Waals surface area contributed by atoms with E-state index in [1.165, 1.54) is 11.1 Å². The molecule has 0 saturated carbocycles. The highest BCUT2D eigenvalue weighted by Gasteiger charge is 2.36. The SMILES string of the molecule is O=C(CCC(=O)N1Cc2ccccc2C[C@H]1C(=O)NC(CCN1CCC(O)CC1)C(=O)Nc1ccc2c(c1)CCC2)c1ccccc1. The normalized spacial score (nSPS) is 18.6. The van der Waals surface area contributed by atoms with Gasteiger partial charge in [-0.1, -0.05) is 60.7 Å². The number of nitrogens with one attached hydrogen (secondary N) is 2. The number of carbonyl (C=O) groups excluding carboxylic acids is 4. The maximum atomic E-state index is 14.1. The van der Waals surface area contributed by atoms with Gasteiger partial charge < -0.3 is 25.5 Å². The number of piperidine rings is 1. The third-order valence-electron chi connectivity index (χ3n) is 9.82. The number of aliphatic hydroxyl groups excluding tert-OH is 1. The van der Waals surface area contributed by atoms with Crippen molar-refractivity contribution in [3.05, 3.63) is 101 Å². The summed E-state index contributed by atoms with van der Waals surface area (Å²) in [6.45, 7) is 2.32. The molecule has 2 atom stereocenters. The largest absolute Gasteiger partial charge is 0.393 e. The molecule has 9 heteroatoms. The van der Waals surface area contributed by atoms with Crippen molar-refractivity contribution < 1.29 is 24.3 Å². The van der Waals surface area contributed by atoms with Crippen LogP contribution in [0.25, 0.3) is 0 Å². The second kappa shape index (κ2) is 15.0. The smallest absolute Gasteiger partial charge is 0.246 e. The molecule has 3 N–H and O–H groups in total. The molecule has 3 aromatic rings. The molecule has 1 saturated heterocycles. The Morgan fingerprint density at radius 3 is 2.34 bits per heavy atom. The number of rotatable bonds is 11. The fraction of sp³-hybridized carbons (Fsp3) is 0.421. The molecule has 246 valence electrons. The number of likely N-dealkylation sites (tertiary alicyclic amines) is 1. The van der Waals surface area contributed by atoms with E-state index in [2.05, 4.69) is 21.6 Å². The predicted octanol–water partition coefficient (Wildman–Crippen LogP) is 4.06. The lowest BCUT2D eigenvalue weighted by molar-refractivity contribution is -0.142. The lowest BCUT2D eigenvalue weighted by Gasteiger charge is -2.37. The summed E-state index contributed by atoms with van der Waals surface area (Å²) in [6.07, 6.45) is 4.96. The monoisotopic (exact) mass is 636 g/mol. The van der Waals surface area contributed by atoms with Crippen LogP contribution in [-0.4, -0.2) is 76.2 Å². The van der Waals surface area contributed by atoms with Crippen LogP contribution in [0.4, 0.5) is 5.69 Å². The standard InChI is InChI=1S/C38H44N4O5/c43-32-17-20-41(21-18-32)22-19-33(37(46)39-31-14-13-26-11-6-12-28(26)23-31)40-38(47)34-24-29-9-4-5-10-30(29)25-42(34)36(45)16-15-35(44)27-7-2-1-3-8-27/h1-5,7-10,13-14,23,32-34,43H,6,11-12,15-22,24-25H2,(H,39,46)(H,40,47)/t33?,34-/m0/s1. The number of hydrogen-bond donors (Lipinski definition) is 3. The number of amides is 3. The molecular weight excluding hydrogens is 592 g/mol. The van der Waals surface area contributed by atoms with E-state index < -0.39 is 12.1 Å². The van der Waals surface area contributed by atoms with Gasteiger partial charge in [0, 0.05) is 56.7 Å². The molecule has 6 rings (SSSR count). The molecule has 9 nitrogen and oxygen atoms in total. The van der Waals surface area contributed by atoms with Gasteiger partial charge in [0.2, 0.25) is 17.7 Å². The Morgan fingerprint density at radius 1 is 0.830 bits per heavy atom. The number of anilines is 1. The van der Waals surface area contributed by atoms with E-state index in [0.29, 0.717) is 43.5 Å². The van der Waals surface area contributed by atoms with Crippen LogP contribution in [0.3, 0.4) is 0 Å². The number of hydrogen-bond acceptors (Lipinski definition) is 6. The first-order valence-electron chi connectivity index (χ1n) is 16.9. The average molecular weight is 637 g/mol. The van der Waals surface area contributed by atoms with E-state index in [-0.39, 0.29) is 49.0 Å². The van der Waals surface area contributed by atoms with Gasteiger partial charge >= 0.3 is 0 Å². The minimum absolute atomic E-state index is 0.0112. The average Bonchev–Trinajstić information content (AvgIpc) is 3.57. The van der Waals surface area contributed by atoms with Crippen LogP contribution < -0.4 is 10.6 Å². The predicted molar refractivity (Wildman–Crippen MR) is 180 cm³/mol. The lowest BCUT2D eigenvalue weighted by atomic mass is 9.92. The third kappa shape index (κ3) is 8.15. The van der Waals surface area contributed by atoms with Gasteiger partial charge in [-0.15, -0.1) is 0 Å². The maximum Gasteiger partial charge on any atom is 0.246 e. The first kappa shape index (κ1) is 32.6. The van der Waals surface area contributed by atoms with Gasteiger partial charge in [-0.3, -0.25) is 19.2 Å². The van der Waals surface area contributed by atoms with Gasteiger partial charge in [0.05, 0.1) is 6.10 Å².